The summed E-state index contributed by atoms with van der Waals surface area (Å²) in [5.41, 5.74) is 0. The van der Waals surface area contributed by atoms with E-state index in [9.17, 15) is 4.79 Å². The Hall–Kier alpha value is -0.0300. The van der Waals surface area contributed by atoms with Crippen LogP contribution in [0.1, 0.15) is 52.9 Å². The highest BCUT2D eigenvalue weighted by molar-refractivity contribution is 5.85. The number of carbonyl (C=O) groups is 1. The third-order valence-corrected chi connectivity index (χ3v) is 6.01. The zero-order chi connectivity index (χ0) is 16.7. The second kappa shape index (κ2) is 13.2. The molecule has 25 heavy (non-hydrogen) atoms. The Kier molecular flexibility index (Phi) is 13.2. The van der Waals surface area contributed by atoms with Crippen molar-refractivity contribution < 1.29 is 4.79 Å². The van der Waals surface area contributed by atoms with Crippen molar-refractivity contribution in [3.8, 4) is 0 Å². The van der Waals surface area contributed by atoms with Crippen LogP contribution in [0.3, 0.4) is 0 Å². The summed E-state index contributed by atoms with van der Waals surface area (Å²) in [5, 5.41) is 3.47. The van der Waals surface area contributed by atoms with Gasteiger partial charge < -0.3 is 15.1 Å². The number of halogens is 2. The molecule has 1 amide bonds. The van der Waals surface area contributed by atoms with E-state index in [4.69, 9.17) is 0 Å². The van der Waals surface area contributed by atoms with E-state index >= 15 is 0 Å². The van der Waals surface area contributed by atoms with Crippen molar-refractivity contribution >= 4 is 30.7 Å². The Morgan fingerprint density at radius 1 is 1.16 bits per heavy atom. The second-order valence-corrected chi connectivity index (χ2v) is 7.60. The van der Waals surface area contributed by atoms with Gasteiger partial charge >= 0.3 is 0 Å². The van der Waals surface area contributed by atoms with Gasteiger partial charge in [-0.25, -0.2) is 0 Å². The maximum atomic E-state index is 12.6. The fourth-order valence-electron chi connectivity index (χ4n) is 4.15. The molecule has 0 saturated carbocycles. The average Bonchev–Trinajstić information content (AvgIpc) is 2.60. The summed E-state index contributed by atoms with van der Waals surface area (Å²) in [5.74, 6) is 2.37. The number of hydrogen-bond acceptors (Lipinski definition) is 3. The first-order chi connectivity index (χ1) is 11.1. The molecule has 1 N–H and O–H groups in total. The number of carbonyl (C=O) groups excluding carboxylic acids is 1. The van der Waals surface area contributed by atoms with Gasteiger partial charge in [0.1, 0.15) is 0 Å². The van der Waals surface area contributed by atoms with Crippen molar-refractivity contribution in [3.63, 3.8) is 0 Å². The van der Waals surface area contributed by atoms with E-state index < -0.39 is 0 Å². The molecule has 2 heterocycles. The third kappa shape index (κ3) is 8.03. The first kappa shape index (κ1) is 25.0. The van der Waals surface area contributed by atoms with Crippen LogP contribution in [0.25, 0.3) is 0 Å². The first-order valence-corrected chi connectivity index (χ1v) is 9.84. The highest BCUT2D eigenvalue weighted by Crippen LogP contribution is 2.25. The molecule has 0 radical (unpaired) electrons. The van der Waals surface area contributed by atoms with Crippen LogP contribution < -0.4 is 5.32 Å². The molecule has 2 atom stereocenters. The van der Waals surface area contributed by atoms with Crippen molar-refractivity contribution in [1.82, 2.24) is 15.1 Å². The zero-order valence-corrected chi connectivity index (χ0v) is 18.0. The molecule has 2 aliphatic rings. The van der Waals surface area contributed by atoms with Gasteiger partial charge in [-0.1, -0.05) is 20.8 Å². The maximum Gasteiger partial charge on any atom is 0.222 e. The van der Waals surface area contributed by atoms with Crippen LogP contribution in [0.2, 0.25) is 0 Å². The molecule has 2 aliphatic heterocycles. The monoisotopic (exact) mass is 395 g/mol. The van der Waals surface area contributed by atoms with Gasteiger partial charge in [0.15, 0.2) is 0 Å². The summed E-state index contributed by atoms with van der Waals surface area (Å²) in [4.78, 5) is 17.2. The van der Waals surface area contributed by atoms with Crippen LogP contribution in [0, 0.1) is 17.8 Å². The minimum atomic E-state index is 0. The van der Waals surface area contributed by atoms with Gasteiger partial charge in [-0.3, -0.25) is 4.79 Å². The molecule has 6 heteroatoms. The fourth-order valence-corrected chi connectivity index (χ4v) is 4.15. The molecule has 0 aromatic heterocycles. The molecule has 0 aromatic carbocycles. The number of likely N-dealkylation sites (tertiary alicyclic amines) is 1. The number of piperidine rings is 2. The summed E-state index contributed by atoms with van der Waals surface area (Å²) in [7, 11) is 0. The quantitative estimate of drug-likeness (QED) is 0.716. The van der Waals surface area contributed by atoms with E-state index in [2.05, 4.69) is 35.9 Å². The Morgan fingerprint density at radius 2 is 1.80 bits per heavy atom. The van der Waals surface area contributed by atoms with Gasteiger partial charge in [-0.05, 0) is 69.6 Å². The standard InChI is InChI=1S/C19H37N3O.2ClH/c1-4-21(5-2)15-17-8-11-22(12-9-17)19(23)13-16(3)18-7-6-10-20-14-18;;/h16-18,20H,4-15H2,1-3H3;2*1H. The SMILES string of the molecule is CCN(CC)CC1CCN(C(=O)CC(C)C2CCCNC2)CC1.Cl.Cl. The molecule has 4 nitrogen and oxygen atoms in total. The van der Waals surface area contributed by atoms with Crippen LogP contribution in [0.4, 0.5) is 0 Å². The Balaban J connectivity index is 0.00000288. The number of nitrogens with one attached hydrogen (secondary N) is 1. The number of rotatable bonds is 7. The van der Waals surface area contributed by atoms with E-state index in [1.807, 2.05) is 0 Å². The molecular formula is C19H39Cl2N3O. The molecule has 2 saturated heterocycles. The summed E-state index contributed by atoms with van der Waals surface area (Å²) in [6, 6.07) is 0. The minimum absolute atomic E-state index is 0. The number of amides is 1. The number of nitrogens with zero attached hydrogens (tertiary/aromatic N) is 2. The topological polar surface area (TPSA) is 35.6 Å². The van der Waals surface area contributed by atoms with Gasteiger partial charge in [0, 0.05) is 26.1 Å². The Labute approximate surface area is 167 Å². The van der Waals surface area contributed by atoms with Gasteiger partial charge in [-0.15, -0.1) is 24.8 Å². The van der Waals surface area contributed by atoms with Gasteiger partial charge in [-0.2, -0.15) is 0 Å². The molecule has 0 aromatic rings. The largest absolute Gasteiger partial charge is 0.343 e. The van der Waals surface area contributed by atoms with Crippen molar-refractivity contribution in [2.75, 3.05) is 45.8 Å². The molecular weight excluding hydrogens is 357 g/mol. The van der Waals surface area contributed by atoms with Crippen LogP contribution in [-0.4, -0.2) is 61.5 Å². The zero-order valence-electron chi connectivity index (χ0n) is 16.3. The Bertz CT molecular complexity index is 353. The molecule has 2 fully saturated rings. The lowest BCUT2D eigenvalue weighted by Crippen LogP contribution is -2.43. The first-order valence-electron chi connectivity index (χ1n) is 9.84. The van der Waals surface area contributed by atoms with Crippen LogP contribution in [0.15, 0.2) is 0 Å². The summed E-state index contributed by atoms with van der Waals surface area (Å²) in [6.07, 6.45) is 5.66. The van der Waals surface area contributed by atoms with Crippen molar-refractivity contribution in [3.05, 3.63) is 0 Å². The normalized spacial score (nSPS) is 22.9. The fraction of sp³-hybridized carbons (Fsp3) is 0.947. The van der Waals surface area contributed by atoms with Gasteiger partial charge in [0.2, 0.25) is 5.91 Å². The minimum Gasteiger partial charge on any atom is -0.343 e. The van der Waals surface area contributed by atoms with E-state index in [0.717, 1.165) is 51.6 Å². The summed E-state index contributed by atoms with van der Waals surface area (Å²) in [6.45, 7) is 14.4. The lowest BCUT2D eigenvalue weighted by Gasteiger charge is -2.35. The lowest BCUT2D eigenvalue weighted by atomic mass is 9.85. The van der Waals surface area contributed by atoms with Gasteiger partial charge in [0.05, 0.1) is 0 Å². The maximum absolute atomic E-state index is 12.6. The third-order valence-electron chi connectivity index (χ3n) is 6.01. The highest BCUT2D eigenvalue weighted by Gasteiger charge is 2.27. The van der Waals surface area contributed by atoms with Crippen molar-refractivity contribution in [2.45, 2.75) is 52.9 Å². The van der Waals surface area contributed by atoms with E-state index in [1.54, 1.807) is 0 Å². The van der Waals surface area contributed by atoms with Crippen molar-refractivity contribution in [1.29, 1.82) is 0 Å². The summed E-state index contributed by atoms with van der Waals surface area (Å²) < 4.78 is 0. The van der Waals surface area contributed by atoms with E-state index in [1.165, 1.54) is 32.2 Å². The predicted octanol–water partition coefficient (Wildman–Crippen LogP) is 3.44. The average molecular weight is 396 g/mol. The molecule has 0 bridgehead atoms. The number of hydrogen-bond donors (Lipinski definition) is 1. The Morgan fingerprint density at radius 3 is 2.32 bits per heavy atom. The van der Waals surface area contributed by atoms with Crippen LogP contribution in [0.5, 0.6) is 0 Å². The van der Waals surface area contributed by atoms with Crippen molar-refractivity contribution in [2.24, 2.45) is 17.8 Å². The highest BCUT2D eigenvalue weighted by atomic mass is 35.5. The smallest absolute Gasteiger partial charge is 0.222 e. The molecule has 2 rings (SSSR count). The van der Waals surface area contributed by atoms with Gasteiger partial charge in [0.25, 0.3) is 0 Å². The van der Waals surface area contributed by atoms with Crippen LogP contribution >= 0.6 is 24.8 Å². The molecule has 0 aliphatic carbocycles. The lowest BCUT2D eigenvalue weighted by molar-refractivity contribution is -0.134. The van der Waals surface area contributed by atoms with E-state index in [-0.39, 0.29) is 24.8 Å². The predicted molar refractivity (Wildman–Crippen MR) is 111 cm³/mol. The molecule has 0 spiro atoms. The van der Waals surface area contributed by atoms with E-state index in [0.29, 0.717) is 17.7 Å². The molecule has 2 unspecified atom stereocenters. The van der Waals surface area contributed by atoms with Crippen LogP contribution in [-0.2, 0) is 4.79 Å². The molecule has 150 valence electrons. The summed E-state index contributed by atoms with van der Waals surface area (Å²) >= 11 is 0. The second-order valence-electron chi connectivity index (χ2n) is 7.60.